The van der Waals surface area contributed by atoms with E-state index in [1.165, 1.54) is 0 Å². The zero-order chi connectivity index (χ0) is 11.4. The van der Waals surface area contributed by atoms with Gasteiger partial charge in [-0.1, -0.05) is 0 Å². The van der Waals surface area contributed by atoms with E-state index in [1.54, 1.807) is 7.11 Å². The topological polar surface area (TPSA) is 81.4 Å². The van der Waals surface area contributed by atoms with Gasteiger partial charge in [-0.3, -0.25) is 0 Å². The van der Waals surface area contributed by atoms with E-state index in [0.29, 0.717) is 19.6 Å². The van der Waals surface area contributed by atoms with Gasteiger partial charge in [0, 0.05) is 25.8 Å². The van der Waals surface area contributed by atoms with Crippen LogP contribution in [-0.2, 0) is 14.8 Å². The number of ether oxygens (including phenoxy) is 1. The summed E-state index contributed by atoms with van der Waals surface area (Å²) in [4.78, 5) is 0. The SMILES string of the molecule is COCCCS(=O)(=O)NCC1(N)CCC1. The van der Waals surface area contributed by atoms with Gasteiger partial charge in [-0.25, -0.2) is 13.1 Å². The molecule has 1 saturated carbocycles. The maximum Gasteiger partial charge on any atom is 0.211 e. The lowest BCUT2D eigenvalue weighted by atomic mass is 9.78. The van der Waals surface area contributed by atoms with Crippen molar-refractivity contribution >= 4 is 10.0 Å². The number of rotatable bonds is 7. The zero-order valence-corrected chi connectivity index (χ0v) is 9.98. The van der Waals surface area contributed by atoms with Gasteiger partial charge in [0.1, 0.15) is 0 Å². The lowest BCUT2D eigenvalue weighted by molar-refractivity contribution is 0.199. The molecule has 0 spiro atoms. The van der Waals surface area contributed by atoms with E-state index >= 15 is 0 Å². The molecule has 0 radical (unpaired) electrons. The second kappa shape index (κ2) is 5.25. The second-order valence-electron chi connectivity index (χ2n) is 4.20. The molecule has 0 aromatic heterocycles. The summed E-state index contributed by atoms with van der Waals surface area (Å²) < 4.78 is 30.3. The van der Waals surface area contributed by atoms with Crippen molar-refractivity contribution in [2.24, 2.45) is 5.73 Å². The molecule has 0 amide bonds. The van der Waals surface area contributed by atoms with Crippen LogP contribution in [-0.4, -0.2) is 40.0 Å². The predicted octanol–water partition coefficient (Wildman–Crippen LogP) is -0.176. The first-order valence-corrected chi connectivity index (χ1v) is 6.88. The summed E-state index contributed by atoms with van der Waals surface area (Å²) in [6.45, 7) is 0.830. The fourth-order valence-corrected chi connectivity index (χ4v) is 2.68. The first-order valence-electron chi connectivity index (χ1n) is 5.23. The molecule has 1 fully saturated rings. The van der Waals surface area contributed by atoms with Crippen LogP contribution in [0.4, 0.5) is 0 Å². The average molecular weight is 236 g/mol. The lowest BCUT2D eigenvalue weighted by Gasteiger charge is -2.38. The van der Waals surface area contributed by atoms with Crippen LogP contribution >= 0.6 is 0 Å². The highest BCUT2D eigenvalue weighted by Gasteiger charge is 2.33. The summed E-state index contributed by atoms with van der Waals surface area (Å²) in [5, 5.41) is 0. The molecule has 15 heavy (non-hydrogen) atoms. The largest absolute Gasteiger partial charge is 0.385 e. The Hall–Kier alpha value is -0.170. The van der Waals surface area contributed by atoms with Crippen molar-refractivity contribution in [3.63, 3.8) is 0 Å². The molecule has 0 atom stereocenters. The summed E-state index contributed by atoms with van der Waals surface area (Å²) in [6.07, 6.45) is 3.44. The van der Waals surface area contributed by atoms with Crippen LogP contribution in [0.3, 0.4) is 0 Å². The summed E-state index contributed by atoms with van der Waals surface area (Å²) in [5.74, 6) is 0.108. The Morgan fingerprint density at radius 2 is 2.13 bits per heavy atom. The second-order valence-corrected chi connectivity index (χ2v) is 6.13. The minimum absolute atomic E-state index is 0.108. The number of nitrogens with two attached hydrogens (primary N) is 1. The zero-order valence-electron chi connectivity index (χ0n) is 9.16. The third-order valence-corrected chi connectivity index (χ3v) is 4.17. The van der Waals surface area contributed by atoms with E-state index < -0.39 is 10.0 Å². The van der Waals surface area contributed by atoms with Crippen molar-refractivity contribution in [3.05, 3.63) is 0 Å². The van der Waals surface area contributed by atoms with Crippen molar-refractivity contribution < 1.29 is 13.2 Å². The Balaban J connectivity index is 2.23. The van der Waals surface area contributed by atoms with Crippen LogP contribution in [0.1, 0.15) is 25.7 Å². The van der Waals surface area contributed by atoms with Crippen LogP contribution in [0.15, 0.2) is 0 Å². The molecule has 0 saturated heterocycles. The van der Waals surface area contributed by atoms with Crippen molar-refractivity contribution in [1.29, 1.82) is 0 Å². The molecule has 1 aliphatic rings. The molecular weight excluding hydrogens is 216 g/mol. The molecule has 5 nitrogen and oxygen atoms in total. The fraction of sp³-hybridized carbons (Fsp3) is 1.00. The number of sulfonamides is 1. The molecule has 0 aliphatic heterocycles. The third kappa shape index (κ3) is 4.46. The van der Waals surface area contributed by atoms with Gasteiger partial charge in [0.2, 0.25) is 10.0 Å². The van der Waals surface area contributed by atoms with Crippen LogP contribution < -0.4 is 10.5 Å². The van der Waals surface area contributed by atoms with Gasteiger partial charge in [-0.15, -0.1) is 0 Å². The minimum atomic E-state index is -3.17. The van der Waals surface area contributed by atoms with Crippen molar-refractivity contribution in [3.8, 4) is 0 Å². The van der Waals surface area contributed by atoms with Gasteiger partial charge in [-0.2, -0.15) is 0 Å². The molecule has 1 rings (SSSR count). The highest BCUT2D eigenvalue weighted by molar-refractivity contribution is 7.89. The molecule has 6 heteroatoms. The van der Waals surface area contributed by atoms with Gasteiger partial charge >= 0.3 is 0 Å². The maximum atomic E-state index is 11.5. The van der Waals surface area contributed by atoms with E-state index in [4.69, 9.17) is 10.5 Å². The monoisotopic (exact) mass is 236 g/mol. The minimum Gasteiger partial charge on any atom is -0.385 e. The molecule has 0 bridgehead atoms. The van der Waals surface area contributed by atoms with Crippen molar-refractivity contribution in [2.75, 3.05) is 26.0 Å². The molecule has 90 valence electrons. The fourth-order valence-electron chi connectivity index (χ4n) is 1.53. The summed E-state index contributed by atoms with van der Waals surface area (Å²) in [5.41, 5.74) is 5.62. The van der Waals surface area contributed by atoms with Crippen LogP contribution in [0.2, 0.25) is 0 Å². The lowest BCUT2D eigenvalue weighted by Crippen LogP contribution is -2.55. The van der Waals surface area contributed by atoms with Crippen LogP contribution in [0.5, 0.6) is 0 Å². The maximum absolute atomic E-state index is 11.5. The number of methoxy groups -OCH3 is 1. The van der Waals surface area contributed by atoms with Crippen molar-refractivity contribution in [1.82, 2.24) is 4.72 Å². The standard InChI is InChI=1S/C9H20N2O3S/c1-14-6-3-7-15(12,13)11-8-9(10)4-2-5-9/h11H,2-8,10H2,1H3. The van der Waals surface area contributed by atoms with Crippen LogP contribution in [0, 0.1) is 0 Å². The Labute approximate surface area is 91.4 Å². The highest BCUT2D eigenvalue weighted by atomic mass is 32.2. The first-order chi connectivity index (χ1) is 6.97. The Kier molecular flexibility index (Phi) is 4.51. The predicted molar refractivity (Wildman–Crippen MR) is 59.1 cm³/mol. The van der Waals surface area contributed by atoms with E-state index in [-0.39, 0.29) is 11.3 Å². The van der Waals surface area contributed by atoms with Gasteiger partial charge < -0.3 is 10.5 Å². The molecule has 1 aliphatic carbocycles. The molecule has 0 aromatic rings. The smallest absolute Gasteiger partial charge is 0.211 e. The van der Waals surface area contributed by atoms with E-state index in [2.05, 4.69) is 4.72 Å². The Morgan fingerprint density at radius 1 is 1.47 bits per heavy atom. The highest BCUT2D eigenvalue weighted by Crippen LogP contribution is 2.28. The van der Waals surface area contributed by atoms with Crippen molar-refractivity contribution in [2.45, 2.75) is 31.2 Å². The summed E-state index contributed by atoms with van der Waals surface area (Å²) >= 11 is 0. The molecule has 0 aromatic carbocycles. The number of nitrogens with one attached hydrogen (secondary N) is 1. The first kappa shape index (κ1) is 12.9. The molecule has 0 heterocycles. The Morgan fingerprint density at radius 3 is 2.60 bits per heavy atom. The number of hydrogen-bond acceptors (Lipinski definition) is 4. The number of hydrogen-bond donors (Lipinski definition) is 2. The van der Waals surface area contributed by atoms with E-state index in [0.717, 1.165) is 19.3 Å². The molecule has 3 N–H and O–H groups in total. The average Bonchev–Trinajstić information content (AvgIpc) is 2.12. The normalized spacial score (nSPS) is 19.9. The molecular formula is C9H20N2O3S. The van der Waals surface area contributed by atoms with Gasteiger partial charge in [-0.05, 0) is 25.7 Å². The van der Waals surface area contributed by atoms with Gasteiger partial charge in [0.15, 0.2) is 0 Å². The van der Waals surface area contributed by atoms with E-state index in [1.807, 2.05) is 0 Å². The van der Waals surface area contributed by atoms with Crippen LogP contribution in [0.25, 0.3) is 0 Å². The summed E-state index contributed by atoms with van der Waals surface area (Å²) in [6, 6.07) is 0. The third-order valence-electron chi connectivity index (χ3n) is 2.76. The quantitative estimate of drug-likeness (QED) is 0.601. The van der Waals surface area contributed by atoms with E-state index in [9.17, 15) is 8.42 Å². The van der Waals surface area contributed by atoms with Gasteiger partial charge in [0.25, 0.3) is 0 Å². The van der Waals surface area contributed by atoms with Gasteiger partial charge in [0.05, 0.1) is 5.75 Å². The Bertz CT molecular complexity index is 286. The summed E-state index contributed by atoms with van der Waals surface area (Å²) in [7, 11) is -1.61. The molecule has 0 unspecified atom stereocenters.